The monoisotopic (exact) mass is 419 g/mol. The highest BCUT2D eigenvalue weighted by atomic mass is 16.5. The van der Waals surface area contributed by atoms with Crippen LogP contribution in [0.5, 0.6) is 0 Å². The Bertz CT molecular complexity index is 1130. The number of ether oxygens (including phenoxy) is 1. The number of pyridine rings is 1. The van der Waals surface area contributed by atoms with Crippen LogP contribution in [0, 0.1) is 6.92 Å². The number of hydrogen-bond acceptors (Lipinski definition) is 6. The van der Waals surface area contributed by atoms with Crippen LogP contribution in [0.1, 0.15) is 37.3 Å². The van der Waals surface area contributed by atoms with Crippen molar-refractivity contribution in [1.29, 1.82) is 0 Å². The van der Waals surface area contributed by atoms with E-state index in [9.17, 15) is 4.79 Å². The van der Waals surface area contributed by atoms with Gasteiger partial charge in [-0.1, -0.05) is 24.3 Å². The summed E-state index contributed by atoms with van der Waals surface area (Å²) in [5.74, 6) is 0.600. The van der Waals surface area contributed by atoms with Gasteiger partial charge in [0.2, 0.25) is 5.95 Å². The Morgan fingerprint density at radius 3 is 2.65 bits per heavy atom. The third-order valence-corrected chi connectivity index (χ3v) is 6.44. The molecule has 2 aliphatic rings. The molecule has 0 amide bonds. The first-order valence-corrected chi connectivity index (χ1v) is 11.2. The summed E-state index contributed by atoms with van der Waals surface area (Å²) in [5, 5.41) is 7.74. The fourth-order valence-electron chi connectivity index (χ4n) is 4.69. The number of nitrogens with zero attached hydrogens (tertiary/aromatic N) is 3. The lowest BCUT2D eigenvalue weighted by Crippen LogP contribution is -2.36. The summed E-state index contributed by atoms with van der Waals surface area (Å²) in [6.45, 7) is 5.37. The van der Waals surface area contributed by atoms with Crippen molar-refractivity contribution in [3.8, 4) is 11.1 Å². The lowest BCUT2D eigenvalue weighted by atomic mass is 10.00. The summed E-state index contributed by atoms with van der Waals surface area (Å²) in [6, 6.07) is 10.4. The Labute approximate surface area is 181 Å². The van der Waals surface area contributed by atoms with Gasteiger partial charge in [-0.15, -0.1) is 0 Å². The molecule has 0 atom stereocenters. The smallest absolute Gasteiger partial charge is 0.260 e. The van der Waals surface area contributed by atoms with E-state index in [1.807, 2.05) is 48.0 Å². The van der Waals surface area contributed by atoms with Gasteiger partial charge in [0.25, 0.3) is 5.56 Å². The predicted molar refractivity (Wildman–Crippen MR) is 123 cm³/mol. The first-order chi connectivity index (χ1) is 15.2. The lowest BCUT2D eigenvalue weighted by molar-refractivity contribution is 0.0697. The molecule has 3 aromatic rings. The summed E-state index contributed by atoms with van der Waals surface area (Å²) in [5.41, 5.74) is 3.48. The summed E-state index contributed by atoms with van der Waals surface area (Å²) in [6.07, 6.45) is 5.56. The molecule has 7 heteroatoms. The molecule has 0 radical (unpaired) electrons. The summed E-state index contributed by atoms with van der Waals surface area (Å²) in [4.78, 5) is 23.2. The van der Waals surface area contributed by atoms with Crippen molar-refractivity contribution in [2.24, 2.45) is 0 Å². The molecule has 31 heavy (non-hydrogen) atoms. The number of benzene rings is 1. The van der Waals surface area contributed by atoms with Crippen LogP contribution in [-0.2, 0) is 4.74 Å². The molecule has 0 bridgehead atoms. The average molecular weight is 420 g/mol. The van der Waals surface area contributed by atoms with Crippen molar-refractivity contribution in [3.05, 3.63) is 52.4 Å². The van der Waals surface area contributed by atoms with E-state index in [0.717, 1.165) is 55.3 Å². The Kier molecular flexibility index (Phi) is 5.70. The fourth-order valence-corrected chi connectivity index (χ4v) is 4.69. The van der Waals surface area contributed by atoms with Gasteiger partial charge in [0.1, 0.15) is 5.65 Å². The molecule has 0 unspecified atom stereocenters. The van der Waals surface area contributed by atoms with Crippen molar-refractivity contribution < 1.29 is 4.74 Å². The Hall–Kier alpha value is -2.77. The first kappa shape index (κ1) is 20.2. The second-order valence-corrected chi connectivity index (χ2v) is 8.53. The summed E-state index contributed by atoms with van der Waals surface area (Å²) >= 11 is 0. The van der Waals surface area contributed by atoms with Gasteiger partial charge < -0.3 is 15.4 Å². The van der Waals surface area contributed by atoms with Crippen LogP contribution in [-0.4, -0.2) is 46.9 Å². The molecule has 4 heterocycles. The van der Waals surface area contributed by atoms with E-state index >= 15 is 0 Å². The minimum atomic E-state index is 0.0141. The number of hydrogen-bond donors (Lipinski definition) is 2. The molecule has 2 aliphatic heterocycles. The first-order valence-electron chi connectivity index (χ1n) is 11.2. The normalized spacial score (nSPS) is 18.4. The third kappa shape index (κ3) is 4.07. The Balaban J connectivity index is 1.64. The second-order valence-electron chi connectivity index (χ2n) is 8.53. The molecule has 2 aromatic heterocycles. The van der Waals surface area contributed by atoms with E-state index < -0.39 is 0 Å². The largest absolute Gasteiger partial charge is 0.381 e. The van der Waals surface area contributed by atoms with E-state index in [0.29, 0.717) is 36.4 Å². The summed E-state index contributed by atoms with van der Waals surface area (Å²) < 4.78 is 7.46. The maximum absolute atomic E-state index is 13.8. The highest BCUT2D eigenvalue weighted by molar-refractivity contribution is 5.82. The van der Waals surface area contributed by atoms with Crippen LogP contribution in [0.25, 0.3) is 22.2 Å². The van der Waals surface area contributed by atoms with Gasteiger partial charge in [0, 0.05) is 42.4 Å². The van der Waals surface area contributed by atoms with Gasteiger partial charge in [0.15, 0.2) is 0 Å². The zero-order valence-electron chi connectivity index (χ0n) is 17.9. The number of piperidine rings is 1. The standard InChI is InChI=1S/C24H29N5O2/c1-16-4-2-3-5-20(16)21-14-17-15-26-24(27-18-6-10-25-11-7-18)28-22(17)29(23(21)30)19-8-12-31-13-9-19/h2-5,14-15,18-19,25H,6-13H2,1H3,(H,26,27,28). The van der Waals surface area contributed by atoms with E-state index in [-0.39, 0.29) is 11.6 Å². The Morgan fingerprint density at radius 1 is 1.10 bits per heavy atom. The number of aromatic nitrogens is 3. The molecule has 162 valence electrons. The lowest BCUT2D eigenvalue weighted by Gasteiger charge is -2.27. The molecule has 2 fully saturated rings. The molecule has 0 aliphatic carbocycles. The molecule has 5 rings (SSSR count). The minimum Gasteiger partial charge on any atom is -0.381 e. The topological polar surface area (TPSA) is 81.1 Å². The number of nitrogens with one attached hydrogen (secondary N) is 2. The van der Waals surface area contributed by atoms with E-state index in [1.165, 1.54) is 0 Å². The van der Waals surface area contributed by atoms with Crippen LogP contribution >= 0.6 is 0 Å². The zero-order chi connectivity index (χ0) is 21.2. The van der Waals surface area contributed by atoms with Gasteiger partial charge in [-0.3, -0.25) is 9.36 Å². The molecule has 0 spiro atoms. The molecule has 0 saturated carbocycles. The highest BCUT2D eigenvalue weighted by Crippen LogP contribution is 2.28. The van der Waals surface area contributed by atoms with Crippen molar-refractivity contribution in [1.82, 2.24) is 19.9 Å². The van der Waals surface area contributed by atoms with Crippen LogP contribution in [0.2, 0.25) is 0 Å². The highest BCUT2D eigenvalue weighted by Gasteiger charge is 2.23. The van der Waals surface area contributed by atoms with E-state index in [2.05, 4.69) is 15.6 Å². The van der Waals surface area contributed by atoms with Crippen molar-refractivity contribution in [3.63, 3.8) is 0 Å². The van der Waals surface area contributed by atoms with Crippen LogP contribution in [0.4, 0.5) is 5.95 Å². The van der Waals surface area contributed by atoms with Crippen molar-refractivity contribution in [2.75, 3.05) is 31.6 Å². The molecular formula is C24H29N5O2. The van der Waals surface area contributed by atoms with Gasteiger partial charge in [-0.2, -0.15) is 4.98 Å². The van der Waals surface area contributed by atoms with E-state index in [4.69, 9.17) is 9.72 Å². The predicted octanol–water partition coefficient (Wildman–Crippen LogP) is 3.28. The third-order valence-electron chi connectivity index (χ3n) is 6.44. The molecule has 2 N–H and O–H groups in total. The number of anilines is 1. The van der Waals surface area contributed by atoms with Crippen LogP contribution < -0.4 is 16.2 Å². The maximum atomic E-state index is 13.8. The Morgan fingerprint density at radius 2 is 1.87 bits per heavy atom. The van der Waals surface area contributed by atoms with Gasteiger partial charge in [0.05, 0.1) is 0 Å². The van der Waals surface area contributed by atoms with Crippen LogP contribution in [0.15, 0.2) is 41.3 Å². The van der Waals surface area contributed by atoms with E-state index in [1.54, 1.807) is 0 Å². The second kappa shape index (κ2) is 8.77. The summed E-state index contributed by atoms with van der Waals surface area (Å²) in [7, 11) is 0. The molecular weight excluding hydrogens is 390 g/mol. The fraction of sp³-hybridized carbons (Fsp3) is 0.458. The van der Waals surface area contributed by atoms with Gasteiger partial charge >= 0.3 is 0 Å². The SMILES string of the molecule is Cc1ccccc1-c1cc2cnc(NC3CCNCC3)nc2n(C2CCOCC2)c1=O. The van der Waals surface area contributed by atoms with Crippen molar-refractivity contribution >= 4 is 17.0 Å². The van der Waals surface area contributed by atoms with Gasteiger partial charge in [-0.05, 0) is 62.9 Å². The molecule has 1 aromatic carbocycles. The minimum absolute atomic E-state index is 0.0141. The number of rotatable bonds is 4. The number of fused-ring (bicyclic) bond motifs is 1. The van der Waals surface area contributed by atoms with Crippen LogP contribution in [0.3, 0.4) is 0 Å². The number of aryl methyl sites for hydroxylation is 1. The van der Waals surface area contributed by atoms with Crippen molar-refractivity contribution in [2.45, 2.75) is 44.7 Å². The maximum Gasteiger partial charge on any atom is 0.260 e. The molecule has 7 nitrogen and oxygen atoms in total. The quantitative estimate of drug-likeness (QED) is 0.676. The zero-order valence-corrected chi connectivity index (χ0v) is 17.9. The van der Waals surface area contributed by atoms with Gasteiger partial charge in [-0.25, -0.2) is 4.98 Å². The average Bonchev–Trinajstić information content (AvgIpc) is 2.80. The molecule has 2 saturated heterocycles.